The third-order valence-electron chi connectivity index (χ3n) is 7.97. The monoisotopic (exact) mass is 597 g/mol. The van der Waals surface area contributed by atoms with Gasteiger partial charge in [0.2, 0.25) is 10.0 Å². The van der Waals surface area contributed by atoms with Gasteiger partial charge >= 0.3 is 5.97 Å². The Bertz CT molecular complexity index is 1730. The van der Waals surface area contributed by atoms with Crippen LogP contribution in [0.4, 0.5) is 0 Å². The Morgan fingerprint density at radius 2 is 1.93 bits per heavy atom. The van der Waals surface area contributed by atoms with E-state index in [0.29, 0.717) is 29.4 Å². The molecule has 2 aromatic heterocycles. The lowest BCUT2D eigenvalue weighted by Crippen LogP contribution is -2.36. The minimum absolute atomic E-state index is 0.0575. The summed E-state index contributed by atoms with van der Waals surface area (Å²) in [5, 5.41) is 19.5. The summed E-state index contributed by atoms with van der Waals surface area (Å²) in [6, 6.07) is 10.6. The van der Waals surface area contributed by atoms with Gasteiger partial charge in [0.05, 0.1) is 35.6 Å². The molecule has 41 heavy (non-hydrogen) atoms. The maximum absolute atomic E-state index is 13.7. The summed E-state index contributed by atoms with van der Waals surface area (Å²) in [5.41, 5.74) is 2.66. The number of aromatic nitrogens is 4. The third-order valence-corrected chi connectivity index (χ3v) is 10.9. The van der Waals surface area contributed by atoms with Crippen molar-refractivity contribution in [2.45, 2.75) is 78.0 Å². The van der Waals surface area contributed by atoms with Gasteiger partial charge in [0.15, 0.2) is 0 Å². The zero-order chi connectivity index (χ0) is 29.7. The van der Waals surface area contributed by atoms with Crippen LogP contribution in [0.2, 0.25) is 0 Å². The number of nitrogens with zero attached hydrogens (tertiary/aromatic N) is 5. The minimum atomic E-state index is -3.85. The van der Waals surface area contributed by atoms with Crippen molar-refractivity contribution in [3.8, 4) is 5.75 Å². The molecule has 1 aliphatic heterocycles. The second-order valence-electron chi connectivity index (χ2n) is 11.0. The van der Waals surface area contributed by atoms with Crippen molar-refractivity contribution in [1.82, 2.24) is 24.3 Å². The molecular formula is C29H35N5O5S2. The van der Waals surface area contributed by atoms with Crippen LogP contribution in [0.15, 0.2) is 41.3 Å². The zero-order valence-electron chi connectivity index (χ0n) is 24.1. The highest BCUT2D eigenvalue weighted by Gasteiger charge is 2.43. The van der Waals surface area contributed by atoms with Crippen molar-refractivity contribution in [3.05, 3.63) is 63.1 Å². The van der Waals surface area contributed by atoms with Crippen LogP contribution in [0.1, 0.15) is 66.7 Å². The fraction of sp³-hybridized carbons (Fsp3) is 0.448. The van der Waals surface area contributed by atoms with Crippen molar-refractivity contribution in [2.24, 2.45) is 5.41 Å². The summed E-state index contributed by atoms with van der Waals surface area (Å²) in [5.74, 6) is -1.20. The Balaban J connectivity index is 1.59. The topological polar surface area (TPSA) is 128 Å². The first-order chi connectivity index (χ1) is 19.4. The van der Waals surface area contributed by atoms with E-state index in [4.69, 9.17) is 9.72 Å². The lowest BCUT2D eigenvalue weighted by Gasteiger charge is -2.30. The number of fused-ring (bicyclic) bond motifs is 2. The molecule has 12 heteroatoms. The number of benzene rings is 2. The molecular weight excluding hydrogens is 562 g/mol. The number of carboxylic acid groups (broad SMARTS) is 1. The highest BCUT2D eigenvalue weighted by molar-refractivity contribution is 7.89. The summed E-state index contributed by atoms with van der Waals surface area (Å²) in [6.45, 7) is 12.1. The number of ether oxygens (including phenoxy) is 1. The fourth-order valence-corrected chi connectivity index (χ4v) is 8.17. The lowest BCUT2D eigenvalue weighted by atomic mass is 9.74. The largest absolute Gasteiger partial charge is 0.488 e. The Labute approximate surface area is 244 Å². The highest BCUT2D eigenvalue weighted by atomic mass is 32.2. The third kappa shape index (κ3) is 5.02. The second kappa shape index (κ2) is 10.8. The maximum Gasteiger partial charge on any atom is 0.310 e. The first-order valence-electron chi connectivity index (χ1n) is 13.7. The van der Waals surface area contributed by atoms with Gasteiger partial charge in [-0.25, -0.2) is 18.1 Å². The maximum atomic E-state index is 13.7. The number of carboxylic acids is 1. The molecule has 0 radical (unpaired) electrons. The minimum Gasteiger partial charge on any atom is -0.488 e. The fourth-order valence-electron chi connectivity index (χ4n) is 5.37. The molecule has 218 valence electrons. The van der Waals surface area contributed by atoms with E-state index in [1.54, 1.807) is 38.1 Å². The molecule has 1 aliphatic rings. The number of thiazole rings is 1. The molecule has 4 aromatic rings. The van der Waals surface area contributed by atoms with Gasteiger partial charge in [-0.3, -0.25) is 4.79 Å². The van der Waals surface area contributed by atoms with Crippen LogP contribution < -0.4 is 4.74 Å². The summed E-state index contributed by atoms with van der Waals surface area (Å²) in [4.78, 5) is 18.5. The Kier molecular flexibility index (Phi) is 7.68. The molecule has 0 amide bonds. The molecule has 0 saturated heterocycles. The van der Waals surface area contributed by atoms with E-state index >= 15 is 0 Å². The predicted octanol–water partition coefficient (Wildman–Crippen LogP) is 5.13. The van der Waals surface area contributed by atoms with Gasteiger partial charge in [-0.1, -0.05) is 30.3 Å². The first kappa shape index (κ1) is 29.2. The van der Waals surface area contributed by atoms with E-state index in [1.165, 1.54) is 15.6 Å². The van der Waals surface area contributed by atoms with Crippen LogP contribution in [0.5, 0.6) is 5.75 Å². The van der Waals surface area contributed by atoms with Crippen molar-refractivity contribution >= 4 is 38.4 Å². The van der Waals surface area contributed by atoms with Gasteiger partial charge in [0.1, 0.15) is 27.3 Å². The van der Waals surface area contributed by atoms with Crippen LogP contribution in [0.3, 0.4) is 0 Å². The molecule has 2 aromatic carbocycles. The predicted molar refractivity (Wildman–Crippen MR) is 157 cm³/mol. The number of hydrogen-bond acceptors (Lipinski definition) is 8. The molecule has 0 unspecified atom stereocenters. The number of para-hydroxylation sites is 1. The number of rotatable bonds is 8. The average molecular weight is 598 g/mol. The number of hydrogen-bond donors (Lipinski definition) is 1. The second-order valence-corrected chi connectivity index (χ2v) is 14.1. The van der Waals surface area contributed by atoms with E-state index in [9.17, 15) is 18.3 Å². The van der Waals surface area contributed by atoms with E-state index in [2.05, 4.69) is 10.3 Å². The van der Waals surface area contributed by atoms with Crippen LogP contribution >= 0.6 is 11.3 Å². The molecule has 3 heterocycles. The van der Waals surface area contributed by atoms with Gasteiger partial charge in [-0.2, -0.15) is 4.31 Å². The number of carbonyl (C=O) groups is 1. The van der Waals surface area contributed by atoms with Gasteiger partial charge in [0, 0.05) is 11.4 Å². The molecule has 0 aliphatic carbocycles. The van der Waals surface area contributed by atoms with Crippen LogP contribution in [-0.4, -0.2) is 56.4 Å². The Morgan fingerprint density at radius 3 is 2.61 bits per heavy atom. The van der Waals surface area contributed by atoms with Crippen LogP contribution in [-0.2, 0) is 27.9 Å². The number of aryl methyl sites for hydroxylation is 3. The number of sulfonamides is 1. The van der Waals surface area contributed by atoms with Gasteiger partial charge in [-0.05, 0) is 70.4 Å². The molecule has 0 saturated carbocycles. The molecule has 0 bridgehead atoms. The van der Waals surface area contributed by atoms with Crippen molar-refractivity contribution in [3.63, 3.8) is 0 Å². The molecule has 5 rings (SSSR count). The van der Waals surface area contributed by atoms with Crippen molar-refractivity contribution in [1.29, 1.82) is 0 Å². The van der Waals surface area contributed by atoms with E-state index in [1.807, 2.05) is 44.5 Å². The smallest absolute Gasteiger partial charge is 0.310 e. The summed E-state index contributed by atoms with van der Waals surface area (Å²) < 4.78 is 36.8. The molecule has 10 nitrogen and oxygen atoms in total. The quantitative estimate of drug-likeness (QED) is 0.296. The lowest BCUT2D eigenvalue weighted by molar-refractivity contribution is -0.147. The van der Waals surface area contributed by atoms with E-state index in [-0.39, 0.29) is 24.1 Å². The number of aliphatic carboxylic acids is 1. The SMILES string of the molecule is CC[C@@H]1CN(Cc2nc([C@@H](c3ccc4c(nnn4CC)c3C)C(C)(C)C(=O)O)sc2C)S(=O)(=O)c2ccccc2O1. The van der Waals surface area contributed by atoms with E-state index in [0.717, 1.165) is 27.0 Å². The zero-order valence-corrected chi connectivity index (χ0v) is 25.7. The highest BCUT2D eigenvalue weighted by Crippen LogP contribution is 2.45. The summed E-state index contributed by atoms with van der Waals surface area (Å²) in [6.07, 6.45) is 0.331. The van der Waals surface area contributed by atoms with Gasteiger partial charge in [0.25, 0.3) is 0 Å². The average Bonchev–Trinajstić information content (AvgIpc) is 3.49. The first-order valence-corrected chi connectivity index (χ1v) is 15.9. The van der Waals surface area contributed by atoms with Gasteiger partial charge < -0.3 is 9.84 Å². The van der Waals surface area contributed by atoms with E-state index < -0.39 is 27.3 Å². The standard InChI is InChI=1S/C29H35N5O5S2/c1-7-19-15-33(41(37,38)24-12-10-9-11-23(24)39-19)16-21-18(4)40-27(30-21)25(29(5,6)28(35)36)20-13-14-22-26(17(20)3)31-32-34(22)8-2/h9-14,19,25H,7-8,15-16H2,1-6H3,(H,35,36)/t19-,25-/m1/s1. The summed E-state index contributed by atoms with van der Waals surface area (Å²) in [7, 11) is -3.85. The molecule has 2 atom stereocenters. The Hall–Kier alpha value is -3.35. The molecule has 1 N–H and O–H groups in total. The van der Waals surface area contributed by atoms with Crippen LogP contribution in [0, 0.1) is 19.3 Å². The normalized spacial score (nSPS) is 18.0. The summed E-state index contributed by atoms with van der Waals surface area (Å²) >= 11 is 1.40. The molecule has 0 fully saturated rings. The van der Waals surface area contributed by atoms with Gasteiger partial charge in [-0.15, -0.1) is 16.4 Å². The molecule has 0 spiro atoms. The van der Waals surface area contributed by atoms with Crippen molar-refractivity contribution < 1.29 is 23.1 Å². The van der Waals surface area contributed by atoms with Crippen LogP contribution in [0.25, 0.3) is 11.0 Å². The van der Waals surface area contributed by atoms with Crippen molar-refractivity contribution in [2.75, 3.05) is 6.54 Å². The Morgan fingerprint density at radius 1 is 1.20 bits per heavy atom.